The molecule has 2 aromatic rings. The van der Waals surface area contributed by atoms with Crippen molar-refractivity contribution in [3.8, 4) is 0 Å². The summed E-state index contributed by atoms with van der Waals surface area (Å²) in [7, 11) is 0. The van der Waals surface area contributed by atoms with Crippen molar-refractivity contribution in [1.29, 1.82) is 0 Å². The van der Waals surface area contributed by atoms with Gasteiger partial charge in [-0.1, -0.05) is 62.6 Å². The van der Waals surface area contributed by atoms with E-state index in [1.807, 2.05) is 32.0 Å². The van der Waals surface area contributed by atoms with Gasteiger partial charge in [-0.3, -0.25) is 4.99 Å². The minimum Gasteiger partial charge on any atom is -0.370 e. The van der Waals surface area contributed by atoms with Gasteiger partial charge in [0.1, 0.15) is 11.4 Å². The lowest BCUT2D eigenvalue weighted by Gasteiger charge is -2.42. The Balaban J connectivity index is 0.00000109. The zero-order valence-corrected chi connectivity index (χ0v) is 17.6. The van der Waals surface area contributed by atoms with Gasteiger partial charge in [0.2, 0.25) is 0 Å². The molecule has 2 aliphatic rings. The van der Waals surface area contributed by atoms with Crippen LogP contribution in [-0.2, 0) is 6.54 Å². The average Bonchev–Trinajstić information content (AvgIpc) is 2.71. The molecule has 2 heterocycles. The minimum atomic E-state index is -0.187. The Morgan fingerprint density at radius 2 is 1.82 bits per heavy atom. The summed E-state index contributed by atoms with van der Waals surface area (Å²) in [5.74, 6) is 1.02. The Hall–Kier alpha value is -2.04. The maximum atomic E-state index is 6.13. The molecule has 0 bridgehead atoms. The molecule has 4 rings (SSSR count). The summed E-state index contributed by atoms with van der Waals surface area (Å²) in [6.07, 6.45) is 4.76. The first kappa shape index (κ1) is 20.7. The highest BCUT2D eigenvalue weighted by atomic mass is 35.5. The molecule has 3 N–H and O–H groups in total. The van der Waals surface area contributed by atoms with E-state index in [0.717, 1.165) is 47.3 Å². The number of benzene rings is 2. The lowest BCUT2D eigenvalue weighted by atomic mass is 9.86. The predicted octanol–water partition coefficient (Wildman–Crippen LogP) is 5.70. The van der Waals surface area contributed by atoms with Gasteiger partial charge in [0.25, 0.3) is 0 Å². The van der Waals surface area contributed by atoms with Crippen LogP contribution in [0.2, 0.25) is 5.02 Å². The van der Waals surface area contributed by atoms with Crippen LogP contribution in [0, 0.1) is 0 Å². The molecule has 1 fully saturated rings. The number of nitrogens with one attached hydrogen (secondary N) is 3. The second kappa shape index (κ2) is 9.94. The average molecular weight is 399 g/mol. The van der Waals surface area contributed by atoms with Crippen molar-refractivity contribution in [1.82, 2.24) is 5.32 Å². The Bertz CT molecular complexity index is 795. The number of hydrogen-bond donors (Lipinski definition) is 3. The van der Waals surface area contributed by atoms with Crippen LogP contribution in [0.3, 0.4) is 0 Å². The monoisotopic (exact) mass is 398 g/mol. The van der Waals surface area contributed by atoms with E-state index in [-0.39, 0.29) is 5.54 Å². The van der Waals surface area contributed by atoms with Gasteiger partial charge in [-0.15, -0.1) is 0 Å². The first-order valence-electron chi connectivity index (χ1n) is 10.4. The van der Waals surface area contributed by atoms with Gasteiger partial charge in [-0.2, -0.15) is 0 Å². The van der Waals surface area contributed by atoms with E-state index in [2.05, 4.69) is 46.3 Å². The molecule has 0 radical (unpaired) electrons. The highest BCUT2D eigenvalue weighted by molar-refractivity contribution is 6.30. The summed E-state index contributed by atoms with van der Waals surface area (Å²) in [6.45, 7) is 6.56. The van der Waals surface area contributed by atoms with E-state index in [4.69, 9.17) is 16.6 Å². The standard InChI is InChI=1S/C21H25ClN4.C2H6/c22-17-8-6-7-16(13-17)14-24-20-21(11-4-1-5-12-23-15-21)26-19-10-3-2-9-18(19)25-20;1-2/h2-3,6-10,13,23,26H,1,4-5,11-12,14-15H2,(H,24,25);1-2H3. The molecule has 0 aliphatic carbocycles. The topological polar surface area (TPSA) is 48.5 Å². The highest BCUT2D eigenvalue weighted by Crippen LogP contribution is 2.34. The van der Waals surface area contributed by atoms with Gasteiger partial charge in [0, 0.05) is 11.6 Å². The van der Waals surface area contributed by atoms with Crippen LogP contribution >= 0.6 is 11.6 Å². The summed E-state index contributed by atoms with van der Waals surface area (Å²) in [5, 5.41) is 11.8. The largest absolute Gasteiger partial charge is 0.370 e. The molecule has 4 nitrogen and oxygen atoms in total. The summed E-state index contributed by atoms with van der Waals surface area (Å²) in [6, 6.07) is 16.3. The molecule has 0 saturated carbocycles. The molecule has 5 heteroatoms. The third kappa shape index (κ3) is 4.86. The third-order valence-corrected chi connectivity index (χ3v) is 5.44. The zero-order chi connectivity index (χ0) is 19.8. The number of para-hydroxylation sites is 2. The Labute approximate surface area is 173 Å². The molecule has 0 amide bonds. The van der Waals surface area contributed by atoms with E-state index in [1.54, 1.807) is 0 Å². The second-order valence-corrected chi connectivity index (χ2v) is 7.60. The van der Waals surface area contributed by atoms with Crippen molar-refractivity contribution in [3.63, 3.8) is 0 Å². The molecule has 1 atom stereocenters. The van der Waals surface area contributed by atoms with Crippen LogP contribution in [0.4, 0.5) is 11.4 Å². The zero-order valence-electron chi connectivity index (χ0n) is 16.9. The quantitative estimate of drug-likeness (QED) is 0.607. The van der Waals surface area contributed by atoms with Crippen LogP contribution in [0.5, 0.6) is 0 Å². The molecule has 1 saturated heterocycles. The maximum absolute atomic E-state index is 6.13. The molecule has 1 spiro atoms. The number of aliphatic imine (C=N–C) groups is 1. The van der Waals surface area contributed by atoms with Crippen LogP contribution in [0.25, 0.3) is 0 Å². The van der Waals surface area contributed by atoms with Crippen molar-refractivity contribution in [2.24, 2.45) is 4.99 Å². The second-order valence-electron chi connectivity index (χ2n) is 7.16. The number of anilines is 2. The fraction of sp³-hybridized carbons (Fsp3) is 0.435. The number of hydrogen-bond acceptors (Lipinski definition) is 3. The first-order valence-corrected chi connectivity index (χ1v) is 10.8. The molecule has 150 valence electrons. The number of halogens is 1. The highest BCUT2D eigenvalue weighted by Gasteiger charge is 2.39. The predicted molar refractivity (Wildman–Crippen MR) is 122 cm³/mol. The van der Waals surface area contributed by atoms with Gasteiger partial charge in [0.05, 0.1) is 17.9 Å². The van der Waals surface area contributed by atoms with Crippen molar-refractivity contribution < 1.29 is 0 Å². The van der Waals surface area contributed by atoms with Crippen LogP contribution < -0.4 is 16.0 Å². The Kier molecular flexibility index (Phi) is 7.35. The molecule has 2 aliphatic heterocycles. The maximum Gasteiger partial charge on any atom is 0.128 e. The minimum absolute atomic E-state index is 0.187. The smallest absolute Gasteiger partial charge is 0.128 e. The van der Waals surface area contributed by atoms with E-state index in [1.165, 1.54) is 19.3 Å². The van der Waals surface area contributed by atoms with Gasteiger partial charge >= 0.3 is 0 Å². The Morgan fingerprint density at radius 3 is 2.64 bits per heavy atom. The molecule has 1 unspecified atom stereocenters. The Morgan fingerprint density at radius 1 is 1.00 bits per heavy atom. The molecular weight excluding hydrogens is 368 g/mol. The van der Waals surface area contributed by atoms with Crippen molar-refractivity contribution in [3.05, 3.63) is 59.1 Å². The lowest BCUT2D eigenvalue weighted by Crippen LogP contribution is -2.59. The SMILES string of the molecule is CC.Clc1cccc(CN=C2Nc3ccccc3NC23CCCCCNC3)c1. The molecule has 0 aromatic heterocycles. The van der Waals surface area contributed by atoms with E-state index < -0.39 is 0 Å². The number of rotatable bonds is 2. The van der Waals surface area contributed by atoms with Crippen LogP contribution in [0.1, 0.15) is 45.1 Å². The molecular formula is C23H31ClN4. The van der Waals surface area contributed by atoms with Crippen molar-refractivity contribution >= 4 is 28.8 Å². The number of amidine groups is 1. The van der Waals surface area contributed by atoms with Crippen molar-refractivity contribution in [2.45, 2.75) is 51.6 Å². The van der Waals surface area contributed by atoms with E-state index >= 15 is 0 Å². The number of nitrogens with zero attached hydrogens (tertiary/aromatic N) is 1. The van der Waals surface area contributed by atoms with Gasteiger partial charge < -0.3 is 16.0 Å². The summed E-state index contributed by atoms with van der Waals surface area (Å²) < 4.78 is 0. The van der Waals surface area contributed by atoms with Crippen LogP contribution in [-0.4, -0.2) is 24.5 Å². The van der Waals surface area contributed by atoms with Crippen LogP contribution in [0.15, 0.2) is 53.5 Å². The third-order valence-electron chi connectivity index (χ3n) is 5.20. The van der Waals surface area contributed by atoms with E-state index in [9.17, 15) is 0 Å². The summed E-state index contributed by atoms with van der Waals surface area (Å²) in [5.41, 5.74) is 3.18. The van der Waals surface area contributed by atoms with Crippen molar-refractivity contribution in [2.75, 3.05) is 23.7 Å². The van der Waals surface area contributed by atoms with Gasteiger partial charge in [-0.25, -0.2) is 0 Å². The summed E-state index contributed by atoms with van der Waals surface area (Å²) >= 11 is 6.13. The summed E-state index contributed by atoms with van der Waals surface area (Å²) in [4.78, 5) is 4.99. The molecule has 28 heavy (non-hydrogen) atoms. The first-order chi connectivity index (χ1) is 13.8. The lowest BCUT2D eigenvalue weighted by molar-refractivity contribution is 0.434. The van der Waals surface area contributed by atoms with E-state index in [0.29, 0.717) is 6.54 Å². The normalized spacial score (nSPS) is 22.8. The fourth-order valence-corrected chi connectivity index (χ4v) is 4.03. The molecule has 2 aromatic carbocycles. The number of fused-ring (bicyclic) bond motifs is 1. The van der Waals surface area contributed by atoms with Gasteiger partial charge in [0.15, 0.2) is 0 Å². The fourth-order valence-electron chi connectivity index (χ4n) is 3.81. The van der Waals surface area contributed by atoms with Gasteiger partial charge in [-0.05, 0) is 49.2 Å².